The van der Waals surface area contributed by atoms with Gasteiger partial charge in [-0.3, -0.25) is 0 Å². The minimum atomic E-state index is 0. The number of nitrogens with one attached hydrogen (secondary N) is 1. The monoisotopic (exact) mass is 259 g/mol. The summed E-state index contributed by atoms with van der Waals surface area (Å²) in [6, 6.07) is 7.89. The molecule has 0 unspecified atom stereocenters. The van der Waals surface area contributed by atoms with Crippen molar-refractivity contribution in [1.29, 1.82) is 0 Å². The van der Waals surface area contributed by atoms with Gasteiger partial charge < -0.3 is 21.5 Å². The summed E-state index contributed by atoms with van der Waals surface area (Å²) in [5.41, 5.74) is 12.5. The Morgan fingerprint density at radius 1 is 1.29 bits per heavy atom. The highest BCUT2D eigenvalue weighted by molar-refractivity contribution is 5.85. The predicted molar refractivity (Wildman–Crippen MR) is 73.7 cm³/mol. The molecule has 0 fully saturated rings. The van der Waals surface area contributed by atoms with Crippen molar-refractivity contribution in [2.24, 2.45) is 11.5 Å². The highest BCUT2D eigenvalue weighted by Gasteiger charge is 2.04. The molecule has 0 aliphatic carbocycles. The Kier molecular flexibility index (Phi) is 8.80. The van der Waals surface area contributed by atoms with Crippen molar-refractivity contribution in [3.8, 4) is 5.75 Å². The summed E-state index contributed by atoms with van der Waals surface area (Å²) in [6.07, 6.45) is 0. The summed E-state index contributed by atoms with van der Waals surface area (Å²) in [4.78, 5) is 0. The normalized spacial score (nSPS) is 11.7. The lowest BCUT2D eigenvalue weighted by Gasteiger charge is -2.13. The number of hydrogen-bond acceptors (Lipinski definition) is 4. The Morgan fingerprint density at radius 3 is 2.47 bits per heavy atom. The van der Waals surface area contributed by atoms with Crippen LogP contribution in [0.4, 0.5) is 0 Å². The zero-order valence-electron chi connectivity index (χ0n) is 10.2. The van der Waals surface area contributed by atoms with Gasteiger partial charge in [0.1, 0.15) is 5.75 Å². The number of nitrogens with two attached hydrogens (primary N) is 2. The van der Waals surface area contributed by atoms with E-state index in [-0.39, 0.29) is 18.4 Å². The third-order valence-corrected chi connectivity index (χ3v) is 2.30. The molecule has 0 bridgehead atoms. The first-order chi connectivity index (χ1) is 7.77. The van der Waals surface area contributed by atoms with Crippen LogP contribution in [-0.2, 0) is 0 Å². The van der Waals surface area contributed by atoms with E-state index in [0.717, 1.165) is 24.4 Å². The Morgan fingerprint density at radius 2 is 1.94 bits per heavy atom. The van der Waals surface area contributed by atoms with Crippen LogP contribution < -0.4 is 21.5 Å². The molecule has 0 aliphatic rings. The maximum Gasteiger partial charge on any atom is 0.119 e. The lowest BCUT2D eigenvalue weighted by Crippen LogP contribution is -2.30. The molecular weight excluding hydrogens is 238 g/mol. The van der Waals surface area contributed by atoms with Crippen LogP contribution in [-0.4, -0.2) is 26.2 Å². The number of rotatable bonds is 7. The average molecular weight is 260 g/mol. The maximum absolute atomic E-state index is 6.02. The molecule has 5 N–H and O–H groups in total. The quantitative estimate of drug-likeness (QED) is 0.640. The molecule has 0 radical (unpaired) electrons. The Bertz CT molecular complexity index is 292. The number of halogens is 1. The molecule has 0 saturated heterocycles. The molecule has 5 heteroatoms. The van der Waals surface area contributed by atoms with Crippen LogP contribution in [0.15, 0.2) is 24.3 Å². The molecule has 0 saturated carbocycles. The summed E-state index contributed by atoms with van der Waals surface area (Å²) < 4.78 is 5.37. The zero-order valence-corrected chi connectivity index (χ0v) is 11.0. The highest BCUT2D eigenvalue weighted by atomic mass is 35.5. The van der Waals surface area contributed by atoms with Crippen LogP contribution in [0.25, 0.3) is 0 Å². The molecule has 1 aromatic carbocycles. The number of ether oxygens (including phenoxy) is 1. The molecule has 0 heterocycles. The lowest BCUT2D eigenvalue weighted by atomic mass is 10.1. The largest absolute Gasteiger partial charge is 0.494 e. The van der Waals surface area contributed by atoms with Crippen LogP contribution >= 0.6 is 12.4 Å². The van der Waals surface area contributed by atoms with Gasteiger partial charge in [-0.15, -0.1) is 12.4 Å². The van der Waals surface area contributed by atoms with Crippen molar-refractivity contribution in [2.45, 2.75) is 13.0 Å². The SMILES string of the molecule is CCOc1ccc([C@H](N)CNCCN)cc1.Cl. The van der Waals surface area contributed by atoms with Crippen molar-refractivity contribution in [1.82, 2.24) is 5.32 Å². The molecule has 0 aromatic heterocycles. The van der Waals surface area contributed by atoms with Gasteiger partial charge in [-0.25, -0.2) is 0 Å². The summed E-state index contributed by atoms with van der Waals surface area (Å²) >= 11 is 0. The lowest BCUT2D eigenvalue weighted by molar-refractivity contribution is 0.340. The van der Waals surface area contributed by atoms with Crippen molar-refractivity contribution >= 4 is 12.4 Å². The second-order valence-corrected chi connectivity index (χ2v) is 3.60. The molecule has 17 heavy (non-hydrogen) atoms. The molecule has 1 aromatic rings. The highest BCUT2D eigenvalue weighted by Crippen LogP contribution is 2.15. The third-order valence-electron chi connectivity index (χ3n) is 2.30. The molecule has 1 rings (SSSR count). The van der Waals surface area contributed by atoms with Crippen molar-refractivity contribution < 1.29 is 4.74 Å². The fourth-order valence-electron chi connectivity index (χ4n) is 1.46. The van der Waals surface area contributed by atoms with E-state index in [0.29, 0.717) is 13.2 Å². The molecule has 0 aliphatic heterocycles. The first-order valence-electron chi connectivity index (χ1n) is 5.67. The Balaban J connectivity index is 0.00000256. The van der Waals surface area contributed by atoms with Crippen LogP contribution in [0.2, 0.25) is 0 Å². The summed E-state index contributed by atoms with van der Waals surface area (Å²) in [5, 5.41) is 3.19. The van der Waals surface area contributed by atoms with E-state index in [4.69, 9.17) is 16.2 Å². The zero-order chi connectivity index (χ0) is 11.8. The number of hydrogen-bond donors (Lipinski definition) is 3. The minimum Gasteiger partial charge on any atom is -0.494 e. The minimum absolute atomic E-state index is 0. The van der Waals surface area contributed by atoms with Gasteiger partial charge in [0.25, 0.3) is 0 Å². The Hall–Kier alpha value is -0.810. The molecule has 98 valence electrons. The Labute approximate surface area is 109 Å². The van der Waals surface area contributed by atoms with Crippen LogP contribution in [0.5, 0.6) is 5.75 Å². The predicted octanol–water partition coefficient (Wildman–Crippen LogP) is 1.06. The van der Waals surface area contributed by atoms with E-state index in [2.05, 4.69) is 5.32 Å². The summed E-state index contributed by atoms with van der Waals surface area (Å²) in [7, 11) is 0. The van der Waals surface area contributed by atoms with Crippen LogP contribution in [0.3, 0.4) is 0 Å². The van der Waals surface area contributed by atoms with Gasteiger partial charge >= 0.3 is 0 Å². The first kappa shape index (κ1) is 16.2. The second kappa shape index (κ2) is 9.24. The van der Waals surface area contributed by atoms with Gasteiger partial charge in [0.2, 0.25) is 0 Å². The average Bonchev–Trinajstić information content (AvgIpc) is 2.30. The fourth-order valence-corrected chi connectivity index (χ4v) is 1.46. The van der Waals surface area contributed by atoms with Crippen LogP contribution in [0, 0.1) is 0 Å². The van der Waals surface area contributed by atoms with Gasteiger partial charge in [-0.2, -0.15) is 0 Å². The molecule has 1 atom stereocenters. The molecular formula is C12H22ClN3O. The first-order valence-corrected chi connectivity index (χ1v) is 5.67. The summed E-state index contributed by atoms with van der Waals surface area (Å²) in [6.45, 7) is 4.83. The van der Waals surface area contributed by atoms with E-state index >= 15 is 0 Å². The molecule has 0 amide bonds. The van der Waals surface area contributed by atoms with Gasteiger partial charge in [0, 0.05) is 25.7 Å². The topological polar surface area (TPSA) is 73.3 Å². The number of benzene rings is 1. The van der Waals surface area contributed by atoms with E-state index < -0.39 is 0 Å². The van der Waals surface area contributed by atoms with Gasteiger partial charge in [0.05, 0.1) is 6.61 Å². The third kappa shape index (κ3) is 5.89. The maximum atomic E-state index is 6.02. The fraction of sp³-hybridized carbons (Fsp3) is 0.500. The van der Waals surface area contributed by atoms with Gasteiger partial charge in [-0.1, -0.05) is 12.1 Å². The van der Waals surface area contributed by atoms with E-state index in [1.807, 2.05) is 31.2 Å². The van der Waals surface area contributed by atoms with Crippen molar-refractivity contribution in [3.63, 3.8) is 0 Å². The van der Waals surface area contributed by atoms with Crippen LogP contribution in [0.1, 0.15) is 18.5 Å². The summed E-state index contributed by atoms with van der Waals surface area (Å²) in [5.74, 6) is 0.883. The smallest absolute Gasteiger partial charge is 0.119 e. The van der Waals surface area contributed by atoms with Crippen molar-refractivity contribution in [3.05, 3.63) is 29.8 Å². The molecule has 0 spiro atoms. The van der Waals surface area contributed by atoms with E-state index in [9.17, 15) is 0 Å². The van der Waals surface area contributed by atoms with Gasteiger partial charge in [0.15, 0.2) is 0 Å². The van der Waals surface area contributed by atoms with Crippen molar-refractivity contribution in [2.75, 3.05) is 26.2 Å². The standard InChI is InChI=1S/C12H21N3O.ClH/c1-2-16-11-5-3-10(4-6-11)12(14)9-15-8-7-13;/h3-6,12,15H,2,7-9,13-14H2,1H3;1H/t12-;/m1./s1. The second-order valence-electron chi connectivity index (χ2n) is 3.60. The van der Waals surface area contributed by atoms with E-state index in [1.54, 1.807) is 0 Å². The molecule has 4 nitrogen and oxygen atoms in total. The van der Waals surface area contributed by atoms with Gasteiger partial charge in [-0.05, 0) is 24.6 Å². The van der Waals surface area contributed by atoms with E-state index in [1.165, 1.54) is 0 Å².